The highest BCUT2D eigenvalue weighted by atomic mass is 79.9. The van der Waals surface area contributed by atoms with Crippen molar-refractivity contribution in [2.24, 2.45) is 0 Å². The van der Waals surface area contributed by atoms with Gasteiger partial charge in [-0.25, -0.2) is 0 Å². The zero-order valence-corrected chi connectivity index (χ0v) is 12.8. The maximum Gasteiger partial charge on any atom is 0.263 e. The lowest BCUT2D eigenvalue weighted by Gasteiger charge is -2.01. The zero-order valence-electron chi connectivity index (χ0n) is 10.4. The van der Waals surface area contributed by atoms with Crippen molar-refractivity contribution in [2.45, 2.75) is 13.3 Å². The fourth-order valence-corrected chi connectivity index (χ4v) is 3.29. The van der Waals surface area contributed by atoms with Crippen molar-refractivity contribution in [3.8, 4) is 11.8 Å². The molecule has 19 heavy (non-hydrogen) atoms. The highest BCUT2D eigenvalue weighted by Gasteiger charge is 2.15. The molecule has 1 amide bonds. The number of nitrogens with two attached hydrogens (primary N) is 1. The first kappa shape index (κ1) is 13.9. The lowest BCUT2D eigenvalue weighted by Crippen LogP contribution is -2.24. The minimum atomic E-state index is -0.132. The van der Waals surface area contributed by atoms with Crippen molar-refractivity contribution in [1.29, 1.82) is 0 Å². The van der Waals surface area contributed by atoms with Gasteiger partial charge in [-0.2, -0.15) is 0 Å². The van der Waals surface area contributed by atoms with Gasteiger partial charge in [0.05, 0.1) is 5.69 Å². The van der Waals surface area contributed by atoms with Gasteiger partial charge in [0, 0.05) is 27.5 Å². The summed E-state index contributed by atoms with van der Waals surface area (Å²) < 4.78 is 1.98. The van der Waals surface area contributed by atoms with Crippen LogP contribution in [0.4, 0.5) is 5.69 Å². The topological polar surface area (TPSA) is 55.1 Å². The minimum absolute atomic E-state index is 0.132. The van der Waals surface area contributed by atoms with Gasteiger partial charge in [0.1, 0.15) is 4.88 Å². The summed E-state index contributed by atoms with van der Waals surface area (Å²) in [6, 6.07) is 5.81. The molecule has 0 spiro atoms. The van der Waals surface area contributed by atoms with Crippen molar-refractivity contribution in [2.75, 3.05) is 12.3 Å². The van der Waals surface area contributed by atoms with Crippen LogP contribution in [-0.4, -0.2) is 12.5 Å². The Kier molecular flexibility index (Phi) is 4.46. The summed E-state index contributed by atoms with van der Waals surface area (Å²) in [6.07, 6.45) is 0.651. The molecule has 0 saturated heterocycles. The molecule has 3 nitrogen and oxygen atoms in total. The van der Waals surface area contributed by atoms with Crippen LogP contribution in [0.15, 0.2) is 22.7 Å². The maximum absolute atomic E-state index is 12.0. The number of carbonyl (C=O) groups is 1. The van der Waals surface area contributed by atoms with E-state index in [9.17, 15) is 4.79 Å². The molecule has 5 heteroatoms. The van der Waals surface area contributed by atoms with E-state index in [0.717, 1.165) is 14.6 Å². The van der Waals surface area contributed by atoms with Gasteiger partial charge in [-0.1, -0.05) is 22.0 Å². The molecule has 98 valence electrons. The highest BCUT2D eigenvalue weighted by molar-refractivity contribution is 9.10. The van der Waals surface area contributed by atoms with Crippen molar-refractivity contribution >= 4 is 48.9 Å². The molecule has 1 heterocycles. The molecule has 1 aromatic heterocycles. The van der Waals surface area contributed by atoms with E-state index in [1.54, 1.807) is 6.92 Å². The average Bonchev–Trinajstić information content (AvgIpc) is 2.71. The van der Waals surface area contributed by atoms with Crippen LogP contribution in [-0.2, 0) is 0 Å². The molecule has 1 aromatic carbocycles. The van der Waals surface area contributed by atoms with Crippen molar-refractivity contribution in [1.82, 2.24) is 5.32 Å². The molecule has 3 N–H and O–H groups in total. The Bertz CT molecular complexity index is 682. The summed E-state index contributed by atoms with van der Waals surface area (Å²) in [5.74, 6) is 5.56. The fraction of sp³-hybridized carbons (Fsp3) is 0.214. The predicted octanol–water partition coefficient (Wildman–Crippen LogP) is 3.39. The molecule has 0 fully saturated rings. The fourth-order valence-electron chi connectivity index (χ4n) is 1.70. The Morgan fingerprint density at radius 1 is 1.53 bits per heavy atom. The summed E-state index contributed by atoms with van der Waals surface area (Å²) >= 11 is 4.82. The first-order valence-corrected chi connectivity index (χ1v) is 7.39. The van der Waals surface area contributed by atoms with Gasteiger partial charge >= 0.3 is 0 Å². The number of hydrogen-bond acceptors (Lipinski definition) is 3. The number of thiophene rings is 1. The molecule has 2 rings (SSSR count). The Labute approximate surface area is 124 Å². The predicted molar refractivity (Wildman–Crippen MR) is 84.3 cm³/mol. The largest absolute Gasteiger partial charge is 0.397 e. The Morgan fingerprint density at radius 2 is 2.32 bits per heavy atom. The summed E-state index contributed by atoms with van der Waals surface area (Å²) in [5, 5.41) is 3.75. The van der Waals surface area contributed by atoms with Gasteiger partial charge in [0.2, 0.25) is 0 Å². The molecule has 0 aliphatic heterocycles. The van der Waals surface area contributed by atoms with E-state index in [1.165, 1.54) is 11.3 Å². The standard InChI is InChI=1S/C14H13BrN2OS/c1-2-3-4-7-17-14(18)13-12(16)10-6-5-9(15)8-11(10)19-13/h5-6,8H,4,7,16H2,1H3,(H,17,18). The molecule has 0 unspecified atom stereocenters. The van der Waals surface area contributed by atoms with Crippen LogP contribution in [0.3, 0.4) is 0 Å². The third kappa shape index (κ3) is 3.09. The zero-order chi connectivity index (χ0) is 13.8. The number of anilines is 1. The number of fused-ring (bicyclic) bond motifs is 1. The number of benzene rings is 1. The lowest BCUT2D eigenvalue weighted by molar-refractivity contribution is 0.0959. The average molecular weight is 337 g/mol. The summed E-state index contributed by atoms with van der Waals surface area (Å²) in [7, 11) is 0. The van der Waals surface area contributed by atoms with E-state index in [1.807, 2.05) is 18.2 Å². The minimum Gasteiger partial charge on any atom is -0.397 e. The SMILES string of the molecule is CC#CCCNC(=O)c1sc2cc(Br)ccc2c1N. The Balaban J connectivity index is 2.21. The van der Waals surface area contributed by atoms with E-state index in [0.29, 0.717) is 23.5 Å². The van der Waals surface area contributed by atoms with Crippen molar-refractivity contribution in [3.05, 3.63) is 27.5 Å². The van der Waals surface area contributed by atoms with E-state index in [-0.39, 0.29) is 5.91 Å². The molecular weight excluding hydrogens is 324 g/mol. The van der Waals surface area contributed by atoms with E-state index >= 15 is 0 Å². The van der Waals surface area contributed by atoms with Gasteiger partial charge < -0.3 is 11.1 Å². The lowest BCUT2D eigenvalue weighted by atomic mass is 10.2. The third-order valence-electron chi connectivity index (χ3n) is 2.61. The summed E-state index contributed by atoms with van der Waals surface area (Å²) in [4.78, 5) is 12.6. The number of halogens is 1. The Morgan fingerprint density at radius 3 is 3.05 bits per heavy atom. The van der Waals surface area contributed by atoms with E-state index in [4.69, 9.17) is 5.73 Å². The number of nitrogen functional groups attached to an aromatic ring is 1. The van der Waals surface area contributed by atoms with Gasteiger partial charge in [-0.15, -0.1) is 23.2 Å². The molecule has 2 aromatic rings. The molecule has 0 radical (unpaired) electrons. The number of hydrogen-bond donors (Lipinski definition) is 2. The van der Waals surface area contributed by atoms with Crippen molar-refractivity contribution in [3.63, 3.8) is 0 Å². The monoisotopic (exact) mass is 336 g/mol. The second-order valence-electron chi connectivity index (χ2n) is 3.92. The quantitative estimate of drug-likeness (QED) is 0.666. The molecule has 0 aliphatic carbocycles. The molecule has 0 aliphatic rings. The van der Waals surface area contributed by atoms with Gasteiger partial charge in [-0.05, 0) is 19.1 Å². The van der Waals surface area contributed by atoms with Crippen molar-refractivity contribution < 1.29 is 4.79 Å². The van der Waals surface area contributed by atoms with Crippen LogP contribution in [0.5, 0.6) is 0 Å². The second kappa shape index (κ2) is 6.09. The van der Waals surface area contributed by atoms with E-state index < -0.39 is 0 Å². The van der Waals surface area contributed by atoms with Crippen LogP contribution < -0.4 is 11.1 Å². The van der Waals surface area contributed by atoms with Gasteiger partial charge in [-0.3, -0.25) is 4.79 Å². The molecule has 0 atom stereocenters. The molecule has 0 bridgehead atoms. The van der Waals surface area contributed by atoms with Crippen LogP contribution >= 0.6 is 27.3 Å². The number of carbonyl (C=O) groups excluding carboxylic acids is 1. The van der Waals surface area contributed by atoms with Crippen LogP contribution in [0, 0.1) is 11.8 Å². The maximum atomic E-state index is 12.0. The normalized spacial score (nSPS) is 10.0. The second-order valence-corrected chi connectivity index (χ2v) is 5.89. The first-order chi connectivity index (χ1) is 9.13. The third-order valence-corrected chi connectivity index (χ3v) is 4.27. The smallest absolute Gasteiger partial charge is 0.263 e. The molecule has 0 saturated carbocycles. The van der Waals surface area contributed by atoms with E-state index in [2.05, 4.69) is 33.1 Å². The number of rotatable bonds is 3. The van der Waals surface area contributed by atoms with Crippen LogP contribution in [0.25, 0.3) is 10.1 Å². The number of amides is 1. The van der Waals surface area contributed by atoms with Crippen LogP contribution in [0.2, 0.25) is 0 Å². The van der Waals surface area contributed by atoms with Gasteiger partial charge in [0.15, 0.2) is 0 Å². The number of nitrogens with one attached hydrogen (secondary N) is 1. The summed E-state index contributed by atoms with van der Waals surface area (Å²) in [5.41, 5.74) is 6.57. The first-order valence-electron chi connectivity index (χ1n) is 5.79. The Hall–Kier alpha value is -1.51. The molecular formula is C14H13BrN2OS. The highest BCUT2D eigenvalue weighted by Crippen LogP contribution is 2.35. The van der Waals surface area contributed by atoms with Gasteiger partial charge in [0.25, 0.3) is 5.91 Å². The van der Waals surface area contributed by atoms with Crippen LogP contribution in [0.1, 0.15) is 23.0 Å². The summed E-state index contributed by atoms with van der Waals surface area (Å²) in [6.45, 7) is 2.32.